The summed E-state index contributed by atoms with van der Waals surface area (Å²) >= 11 is 0. The third kappa shape index (κ3) is 6.45. The van der Waals surface area contributed by atoms with Crippen LogP contribution >= 0.6 is 0 Å². The topological polar surface area (TPSA) is 0 Å². The Bertz CT molecular complexity index is 99.2. The van der Waals surface area contributed by atoms with Gasteiger partial charge in [0.2, 0.25) is 0 Å². The molecule has 2 unspecified atom stereocenters. The lowest BCUT2D eigenvalue weighted by molar-refractivity contribution is 0.557. The number of hydrogen-bond donors (Lipinski definition) is 0. The van der Waals surface area contributed by atoms with Crippen LogP contribution in [-0.2, 0) is 0 Å². The van der Waals surface area contributed by atoms with Gasteiger partial charge >= 0.3 is 0 Å². The zero-order valence-corrected chi connectivity index (χ0v) is 9.14. The maximum Gasteiger partial charge on any atom is -0.0325 e. The highest BCUT2D eigenvalue weighted by Crippen LogP contribution is 2.10. The summed E-state index contributed by atoms with van der Waals surface area (Å²) in [6.07, 6.45) is 9.81. The Hall–Kier alpha value is -0.260. The molecule has 12 heavy (non-hydrogen) atoms. The van der Waals surface area contributed by atoms with Crippen molar-refractivity contribution in [2.24, 2.45) is 11.8 Å². The van der Waals surface area contributed by atoms with Gasteiger partial charge in [0.05, 0.1) is 0 Å². The highest BCUT2D eigenvalue weighted by atomic mass is 14.0. The molecule has 0 heteroatoms. The molecule has 0 spiro atoms. The molecule has 0 amide bonds. The van der Waals surface area contributed by atoms with E-state index in [-0.39, 0.29) is 0 Å². The molecule has 72 valence electrons. The molecule has 0 saturated carbocycles. The molecule has 0 radical (unpaired) electrons. The smallest absolute Gasteiger partial charge is 0.0325 e. The zero-order chi connectivity index (χ0) is 9.40. The summed E-state index contributed by atoms with van der Waals surface area (Å²) in [6, 6.07) is 0. The van der Waals surface area contributed by atoms with Crippen LogP contribution in [0, 0.1) is 11.8 Å². The molecule has 0 fully saturated rings. The quantitative estimate of drug-likeness (QED) is 0.515. The van der Waals surface area contributed by atoms with E-state index in [4.69, 9.17) is 0 Å². The Balaban J connectivity index is 3.36. The van der Waals surface area contributed by atoms with Gasteiger partial charge in [0.1, 0.15) is 0 Å². The van der Waals surface area contributed by atoms with E-state index in [0.29, 0.717) is 0 Å². The fourth-order valence-electron chi connectivity index (χ4n) is 0.990. The molecule has 0 aliphatic heterocycles. The monoisotopic (exact) mass is 168 g/mol. The second-order valence-corrected chi connectivity index (χ2v) is 3.97. The average Bonchev–Trinajstić information content (AvgIpc) is 2.11. The van der Waals surface area contributed by atoms with Gasteiger partial charge in [-0.3, -0.25) is 0 Å². The van der Waals surface area contributed by atoms with Crippen molar-refractivity contribution in [1.82, 2.24) is 0 Å². The SMILES string of the molecule is CCC(C)C/C=C/CC(C)CC. The van der Waals surface area contributed by atoms with Crippen LogP contribution in [0.15, 0.2) is 12.2 Å². The molecule has 0 nitrogen and oxygen atoms in total. The molecule has 0 aromatic rings. The van der Waals surface area contributed by atoms with E-state index in [1.54, 1.807) is 0 Å². The largest absolute Gasteiger partial charge is 0.0883 e. The van der Waals surface area contributed by atoms with Crippen molar-refractivity contribution < 1.29 is 0 Å². The van der Waals surface area contributed by atoms with Crippen molar-refractivity contribution in [3.8, 4) is 0 Å². The molecule has 0 heterocycles. The lowest BCUT2D eigenvalue weighted by Crippen LogP contribution is -1.90. The molecule has 0 aliphatic carbocycles. The molecule has 0 bridgehead atoms. The first-order chi connectivity index (χ1) is 5.70. The van der Waals surface area contributed by atoms with Crippen LogP contribution in [0.1, 0.15) is 53.4 Å². The zero-order valence-electron chi connectivity index (χ0n) is 9.14. The van der Waals surface area contributed by atoms with E-state index in [9.17, 15) is 0 Å². The number of hydrogen-bond acceptors (Lipinski definition) is 0. The summed E-state index contributed by atoms with van der Waals surface area (Å²) in [5, 5.41) is 0. The normalized spacial score (nSPS) is 16.7. The third-order valence-corrected chi connectivity index (χ3v) is 2.64. The van der Waals surface area contributed by atoms with Crippen LogP contribution in [0.3, 0.4) is 0 Å². The molecule has 0 saturated heterocycles. The minimum absolute atomic E-state index is 0.859. The van der Waals surface area contributed by atoms with E-state index < -0.39 is 0 Å². The molecular weight excluding hydrogens is 144 g/mol. The molecule has 0 N–H and O–H groups in total. The van der Waals surface area contributed by atoms with E-state index >= 15 is 0 Å². The van der Waals surface area contributed by atoms with Crippen molar-refractivity contribution in [1.29, 1.82) is 0 Å². The number of rotatable bonds is 6. The standard InChI is InChI=1S/C12H24/c1-5-11(3)9-7-8-10-12(4)6-2/h7-8,11-12H,5-6,9-10H2,1-4H3/b8-7+. The molecule has 2 atom stereocenters. The van der Waals surface area contributed by atoms with Crippen molar-refractivity contribution in [2.45, 2.75) is 53.4 Å². The van der Waals surface area contributed by atoms with Gasteiger partial charge in [-0.15, -0.1) is 0 Å². The van der Waals surface area contributed by atoms with Crippen molar-refractivity contribution in [3.63, 3.8) is 0 Å². The Kier molecular flexibility index (Phi) is 7.23. The van der Waals surface area contributed by atoms with E-state index in [2.05, 4.69) is 39.8 Å². The lowest BCUT2D eigenvalue weighted by Gasteiger charge is -2.04. The van der Waals surface area contributed by atoms with Crippen LogP contribution in [0.5, 0.6) is 0 Å². The van der Waals surface area contributed by atoms with Gasteiger partial charge in [0.25, 0.3) is 0 Å². The second kappa shape index (κ2) is 7.39. The number of allylic oxidation sites excluding steroid dienone is 2. The predicted octanol–water partition coefficient (Wildman–Crippen LogP) is 4.42. The maximum atomic E-state index is 2.35. The predicted molar refractivity (Wildman–Crippen MR) is 57.3 cm³/mol. The molecule has 0 aliphatic rings. The molecule has 0 rings (SSSR count). The third-order valence-electron chi connectivity index (χ3n) is 2.64. The first-order valence-corrected chi connectivity index (χ1v) is 5.35. The van der Waals surface area contributed by atoms with Crippen molar-refractivity contribution >= 4 is 0 Å². The fourth-order valence-corrected chi connectivity index (χ4v) is 0.990. The highest BCUT2D eigenvalue weighted by Gasteiger charge is 1.95. The van der Waals surface area contributed by atoms with E-state index in [1.165, 1.54) is 25.7 Å². The minimum Gasteiger partial charge on any atom is -0.0883 e. The van der Waals surface area contributed by atoms with Gasteiger partial charge in [0, 0.05) is 0 Å². The Morgan fingerprint density at radius 1 is 0.833 bits per heavy atom. The van der Waals surface area contributed by atoms with E-state index in [1.807, 2.05) is 0 Å². The van der Waals surface area contributed by atoms with Gasteiger partial charge in [-0.05, 0) is 24.7 Å². The van der Waals surface area contributed by atoms with Gasteiger partial charge in [0.15, 0.2) is 0 Å². The van der Waals surface area contributed by atoms with Crippen molar-refractivity contribution in [3.05, 3.63) is 12.2 Å². The van der Waals surface area contributed by atoms with Crippen LogP contribution in [0.2, 0.25) is 0 Å². The Morgan fingerprint density at radius 2 is 1.17 bits per heavy atom. The molecular formula is C12H24. The van der Waals surface area contributed by atoms with Crippen molar-refractivity contribution in [2.75, 3.05) is 0 Å². The first-order valence-electron chi connectivity index (χ1n) is 5.35. The summed E-state index contributed by atoms with van der Waals surface area (Å²) in [7, 11) is 0. The van der Waals surface area contributed by atoms with Gasteiger partial charge in [-0.1, -0.05) is 52.7 Å². The Labute approximate surface area is 78.1 Å². The Morgan fingerprint density at radius 3 is 1.42 bits per heavy atom. The highest BCUT2D eigenvalue weighted by molar-refractivity contribution is 4.84. The summed E-state index contributed by atoms with van der Waals surface area (Å²) in [5.41, 5.74) is 0. The minimum atomic E-state index is 0.859. The summed E-state index contributed by atoms with van der Waals surface area (Å²) in [5.74, 6) is 1.72. The lowest BCUT2D eigenvalue weighted by atomic mass is 10.0. The summed E-state index contributed by atoms with van der Waals surface area (Å²) in [4.78, 5) is 0. The average molecular weight is 168 g/mol. The van der Waals surface area contributed by atoms with Crippen LogP contribution < -0.4 is 0 Å². The first kappa shape index (κ1) is 11.7. The van der Waals surface area contributed by atoms with Crippen LogP contribution in [0.25, 0.3) is 0 Å². The van der Waals surface area contributed by atoms with Gasteiger partial charge in [-0.25, -0.2) is 0 Å². The summed E-state index contributed by atoms with van der Waals surface area (Å²) < 4.78 is 0. The van der Waals surface area contributed by atoms with Crippen LogP contribution in [-0.4, -0.2) is 0 Å². The fraction of sp³-hybridized carbons (Fsp3) is 0.833. The maximum absolute atomic E-state index is 2.35. The second-order valence-electron chi connectivity index (χ2n) is 3.97. The van der Waals surface area contributed by atoms with Gasteiger partial charge in [-0.2, -0.15) is 0 Å². The summed E-state index contributed by atoms with van der Waals surface area (Å²) in [6.45, 7) is 9.14. The molecule has 0 aromatic heterocycles. The molecule has 0 aromatic carbocycles. The van der Waals surface area contributed by atoms with Crippen LogP contribution in [0.4, 0.5) is 0 Å². The van der Waals surface area contributed by atoms with Gasteiger partial charge < -0.3 is 0 Å². The van der Waals surface area contributed by atoms with E-state index in [0.717, 1.165) is 11.8 Å².